The fourth-order valence-corrected chi connectivity index (χ4v) is 2.87. The number of nitrogens with two attached hydrogens (primary N) is 1. The number of nitrogen functional groups attached to an aromatic ring is 1. The predicted molar refractivity (Wildman–Crippen MR) is 90.4 cm³/mol. The third-order valence-electron chi connectivity index (χ3n) is 3.33. The minimum atomic E-state index is -0.585. The van der Waals surface area contributed by atoms with E-state index >= 15 is 0 Å². The lowest BCUT2D eigenvalue weighted by molar-refractivity contribution is -0.146. The van der Waals surface area contributed by atoms with Crippen molar-refractivity contribution in [3.8, 4) is 0 Å². The molecule has 0 bridgehead atoms. The van der Waals surface area contributed by atoms with Gasteiger partial charge < -0.3 is 20.1 Å². The van der Waals surface area contributed by atoms with Gasteiger partial charge in [0.25, 0.3) is 5.91 Å². The van der Waals surface area contributed by atoms with Gasteiger partial charge in [-0.15, -0.1) is 0 Å². The van der Waals surface area contributed by atoms with Crippen molar-refractivity contribution in [2.45, 2.75) is 26.1 Å². The van der Waals surface area contributed by atoms with Crippen LogP contribution in [0.25, 0.3) is 0 Å². The van der Waals surface area contributed by atoms with Gasteiger partial charge in [0.05, 0.1) is 17.8 Å². The van der Waals surface area contributed by atoms with Crippen LogP contribution in [0.2, 0.25) is 0 Å². The maximum absolute atomic E-state index is 12.1. The van der Waals surface area contributed by atoms with Crippen molar-refractivity contribution in [2.24, 2.45) is 0 Å². The van der Waals surface area contributed by atoms with Gasteiger partial charge in [-0.25, -0.2) is 4.79 Å². The minimum Gasteiger partial charge on any atom is -0.452 e. The van der Waals surface area contributed by atoms with E-state index in [4.69, 9.17) is 15.2 Å². The molecular weight excluding hydrogens is 399 g/mol. The number of hydrogen-bond acceptors (Lipinski definition) is 5. The Bertz CT molecular complexity index is 569. The Morgan fingerprint density at radius 2 is 2.00 bits per heavy atom. The first-order valence-electron chi connectivity index (χ1n) is 7.02. The summed E-state index contributed by atoms with van der Waals surface area (Å²) in [5.74, 6) is -0.807. The lowest BCUT2D eigenvalue weighted by Crippen LogP contribution is -2.49. The zero-order valence-electron chi connectivity index (χ0n) is 12.5. The zero-order valence-corrected chi connectivity index (χ0v) is 14.7. The molecule has 0 radical (unpaired) electrons. The molecule has 0 aromatic heterocycles. The van der Waals surface area contributed by atoms with Crippen molar-refractivity contribution >= 4 is 40.2 Å². The van der Waals surface area contributed by atoms with Crippen molar-refractivity contribution in [1.29, 1.82) is 0 Å². The minimum absolute atomic E-state index is 0.0188. The Balaban J connectivity index is 1.93. The molecule has 1 aliphatic rings. The number of benzene rings is 1. The fraction of sp³-hybridized carbons (Fsp3) is 0.467. The van der Waals surface area contributed by atoms with Gasteiger partial charge in [0.1, 0.15) is 0 Å². The average molecular weight is 418 g/mol. The first-order chi connectivity index (χ1) is 10.4. The first kappa shape index (κ1) is 17.0. The predicted octanol–water partition coefficient (Wildman–Crippen LogP) is 1.67. The van der Waals surface area contributed by atoms with Gasteiger partial charge in [-0.05, 0) is 54.6 Å². The summed E-state index contributed by atoms with van der Waals surface area (Å²) in [4.78, 5) is 25.8. The quantitative estimate of drug-likeness (QED) is 0.459. The molecule has 0 spiro atoms. The first-order valence-corrected chi connectivity index (χ1v) is 8.10. The highest BCUT2D eigenvalue weighted by molar-refractivity contribution is 14.1. The number of nitrogens with zero attached hydrogens (tertiary/aromatic N) is 1. The lowest BCUT2D eigenvalue weighted by Gasteiger charge is -2.35. The highest BCUT2D eigenvalue weighted by Crippen LogP contribution is 2.17. The van der Waals surface area contributed by atoms with Crippen molar-refractivity contribution < 1.29 is 19.1 Å². The van der Waals surface area contributed by atoms with Gasteiger partial charge in [0.15, 0.2) is 6.61 Å². The van der Waals surface area contributed by atoms with E-state index in [1.807, 2.05) is 13.8 Å². The molecule has 2 N–H and O–H groups in total. The summed E-state index contributed by atoms with van der Waals surface area (Å²) >= 11 is 2.08. The smallest absolute Gasteiger partial charge is 0.340 e. The number of rotatable bonds is 3. The third kappa shape index (κ3) is 4.33. The highest BCUT2D eigenvalue weighted by atomic mass is 127. The fourth-order valence-electron chi connectivity index (χ4n) is 2.38. The van der Waals surface area contributed by atoms with E-state index in [-0.39, 0.29) is 30.3 Å². The summed E-state index contributed by atoms with van der Waals surface area (Å²) in [6, 6.07) is 5.08. The van der Waals surface area contributed by atoms with Gasteiger partial charge in [0.2, 0.25) is 0 Å². The second-order valence-electron chi connectivity index (χ2n) is 5.36. The third-order valence-corrected chi connectivity index (χ3v) is 4.01. The van der Waals surface area contributed by atoms with Gasteiger partial charge in [-0.3, -0.25) is 4.79 Å². The maximum atomic E-state index is 12.1. The van der Waals surface area contributed by atoms with Crippen LogP contribution in [0.15, 0.2) is 18.2 Å². The van der Waals surface area contributed by atoms with Crippen molar-refractivity contribution in [3.63, 3.8) is 0 Å². The van der Waals surface area contributed by atoms with Crippen molar-refractivity contribution in [1.82, 2.24) is 4.90 Å². The number of esters is 1. The Hall–Kier alpha value is -1.35. The van der Waals surface area contributed by atoms with Crippen molar-refractivity contribution in [2.75, 3.05) is 25.4 Å². The summed E-state index contributed by atoms with van der Waals surface area (Å²) in [6.07, 6.45) is -0.0375. The monoisotopic (exact) mass is 418 g/mol. The molecule has 120 valence electrons. The van der Waals surface area contributed by atoms with E-state index in [2.05, 4.69) is 22.6 Å². The van der Waals surface area contributed by atoms with Gasteiger partial charge in [-0.2, -0.15) is 0 Å². The van der Waals surface area contributed by atoms with E-state index in [1.54, 1.807) is 23.1 Å². The van der Waals surface area contributed by atoms with Crippen LogP contribution in [0.5, 0.6) is 0 Å². The standard InChI is InChI=1S/C15H19IN2O4/c1-9-6-18(7-10(2)22-9)14(19)8-21-15(20)12-5-11(16)3-4-13(12)17/h3-5,9-10H,6-8,17H2,1-2H3/t9-,10+. The number of carbonyl (C=O) groups excluding carboxylic acids is 2. The normalized spacial score (nSPS) is 21.5. The molecule has 1 aromatic carbocycles. The molecule has 1 aliphatic heterocycles. The molecule has 6 nitrogen and oxygen atoms in total. The van der Waals surface area contributed by atoms with E-state index < -0.39 is 5.97 Å². The topological polar surface area (TPSA) is 81.9 Å². The maximum Gasteiger partial charge on any atom is 0.340 e. The summed E-state index contributed by atoms with van der Waals surface area (Å²) in [5, 5.41) is 0. The Morgan fingerprint density at radius 3 is 2.64 bits per heavy atom. The second-order valence-corrected chi connectivity index (χ2v) is 6.61. The second kappa shape index (κ2) is 7.28. The number of halogens is 1. The number of morpholine rings is 1. The van der Waals surface area contributed by atoms with Gasteiger partial charge in [0, 0.05) is 22.3 Å². The number of anilines is 1. The van der Waals surface area contributed by atoms with Crippen LogP contribution in [0.4, 0.5) is 5.69 Å². The zero-order chi connectivity index (χ0) is 16.3. The van der Waals surface area contributed by atoms with Gasteiger partial charge in [-0.1, -0.05) is 0 Å². The molecule has 1 aromatic rings. The molecule has 7 heteroatoms. The van der Waals surface area contributed by atoms with E-state index in [9.17, 15) is 9.59 Å². The van der Waals surface area contributed by atoms with E-state index in [1.165, 1.54) is 0 Å². The number of ether oxygens (including phenoxy) is 2. The SMILES string of the molecule is C[C@@H]1CN(C(=O)COC(=O)c2cc(I)ccc2N)C[C@H](C)O1. The average Bonchev–Trinajstić information content (AvgIpc) is 2.45. The van der Waals surface area contributed by atoms with Crippen LogP contribution >= 0.6 is 22.6 Å². The summed E-state index contributed by atoms with van der Waals surface area (Å²) in [5.41, 5.74) is 6.38. The number of amides is 1. The molecule has 1 heterocycles. The summed E-state index contributed by atoms with van der Waals surface area (Å²) < 4.78 is 11.5. The van der Waals surface area contributed by atoms with Crippen LogP contribution in [-0.2, 0) is 14.3 Å². The Morgan fingerprint density at radius 1 is 1.36 bits per heavy atom. The van der Waals surface area contributed by atoms with Crippen LogP contribution in [0.3, 0.4) is 0 Å². The summed E-state index contributed by atoms with van der Waals surface area (Å²) in [7, 11) is 0. The molecule has 22 heavy (non-hydrogen) atoms. The van der Waals surface area contributed by atoms with Gasteiger partial charge >= 0.3 is 5.97 Å². The van der Waals surface area contributed by atoms with Crippen LogP contribution in [0, 0.1) is 3.57 Å². The largest absolute Gasteiger partial charge is 0.452 e. The Labute approximate surface area is 143 Å². The van der Waals surface area contributed by atoms with E-state index in [0.29, 0.717) is 18.8 Å². The molecular formula is C15H19IN2O4. The number of hydrogen-bond donors (Lipinski definition) is 1. The molecule has 1 fully saturated rings. The molecule has 0 saturated carbocycles. The molecule has 1 amide bonds. The molecule has 2 rings (SSSR count). The molecule has 1 saturated heterocycles. The van der Waals surface area contributed by atoms with Crippen LogP contribution in [-0.4, -0.2) is 48.7 Å². The van der Waals surface area contributed by atoms with Crippen LogP contribution < -0.4 is 5.73 Å². The molecule has 2 atom stereocenters. The van der Waals surface area contributed by atoms with Crippen molar-refractivity contribution in [3.05, 3.63) is 27.3 Å². The molecule has 0 aliphatic carbocycles. The summed E-state index contributed by atoms with van der Waals surface area (Å²) in [6.45, 7) is 4.55. The van der Waals surface area contributed by atoms with E-state index in [0.717, 1.165) is 3.57 Å². The Kier molecular flexibility index (Phi) is 5.63. The lowest BCUT2D eigenvalue weighted by atomic mass is 10.2. The highest BCUT2D eigenvalue weighted by Gasteiger charge is 2.26. The number of carbonyl (C=O) groups is 2. The van der Waals surface area contributed by atoms with Crippen LogP contribution in [0.1, 0.15) is 24.2 Å². The molecule has 0 unspecified atom stereocenters.